The van der Waals surface area contributed by atoms with E-state index in [1.165, 1.54) is 0 Å². The number of allylic oxidation sites excluding steroid dienone is 2. The van der Waals surface area contributed by atoms with E-state index >= 15 is 0 Å². The molecule has 1 N–H and O–H groups in total. The molecule has 0 spiro atoms. The van der Waals surface area contributed by atoms with Crippen LogP contribution in [0.3, 0.4) is 0 Å². The molecule has 2 aliphatic heterocycles. The SMILES string of the molecule is C/C=C/[C@H]1O/C(=C2\C(=O)CNC2=O)C=C[C@H]1C. The summed E-state index contributed by atoms with van der Waals surface area (Å²) in [6.45, 7) is 4.01. The fraction of sp³-hybridized carbons (Fsp3) is 0.385. The maximum Gasteiger partial charge on any atom is 0.259 e. The Bertz CT molecular complexity index is 428. The van der Waals surface area contributed by atoms with Crippen LogP contribution in [0.15, 0.2) is 35.6 Å². The van der Waals surface area contributed by atoms with Crippen LogP contribution in [-0.2, 0) is 14.3 Å². The molecule has 0 radical (unpaired) electrons. The zero-order valence-electron chi connectivity index (χ0n) is 9.90. The Kier molecular flexibility index (Phi) is 3.13. The average Bonchev–Trinajstić information content (AvgIpc) is 2.63. The lowest BCUT2D eigenvalue weighted by molar-refractivity contribution is -0.117. The summed E-state index contributed by atoms with van der Waals surface area (Å²) in [6, 6.07) is 0. The minimum Gasteiger partial charge on any atom is -0.485 e. The van der Waals surface area contributed by atoms with Crippen LogP contribution in [0, 0.1) is 5.92 Å². The quantitative estimate of drug-likeness (QED) is 0.419. The fourth-order valence-corrected chi connectivity index (χ4v) is 1.90. The average molecular weight is 233 g/mol. The molecule has 90 valence electrons. The molecule has 0 aromatic heterocycles. The number of hydrogen-bond acceptors (Lipinski definition) is 3. The third kappa shape index (κ3) is 2.16. The zero-order chi connectivity index (χ0) is 12.4. The van der Waals surface area contributed by atoms with Crippen LogP contribution in [-0.4, -0.2) is 24.3 Å². The number of ketones is 1. The lowest BCUT2D eigenvalue weighted by Crippen LogP contribution is -2.23. The molecular formula is C13H15NO3. The van der Waals surface area contributed by atoms with Crippen molar-refractivity contribution in [3.8, 4) is 0 Å². The first-order valence-electron chi connectivity index (χ1n) is 5.67. The molecule has 2 rings (SSSR count). The third-order valence-corrected chi connectivity index (χ3v) is 2.88. The summed E-state index contributed by atoms with van der Waals surface area (Å²) < 4.78 is 5.69. The highest BCUT2D eigenvalue weighted by Crippen LogP contribution is 2.25. The second-order valence-electron chi connectivity index (χ2n) is 4.17. The number of ether oxygens (including phenoxy) is 1. The van der Waals surface area contributed by atoms with Crippen molar-refractivity contribution in [1.82, 2.24) is 5.32 Å². The molecule has 1 saturated heterocycles. The van der Waals surface area contributed by atoms with Crippen LogP contribution < -0.4 is 5.32 Å². The van der Waals surface area contributed by atoms with Gasteiger partial charge in [0.25, 0.3) is 5.91 Å². The zero-order valence-corrected chi connectivity index (χ0v) is 9.90. The van der Waals surface area contributed by atoms with Gasteiger partial charge in [-0.2, -0.15) is 0 Å². The highest BCUT2D eigenvalue weighted by molar-refractivity contribution is 6.25. The molecule has 1 amide bonds. The first-order chi connectivity index (χ1) is 8.13. The molecule has 17 heavy (non-hydrogen) atoms. The predicted octanol–water partition coefficient (Wildman–Crippen LogP) is 1.11. The number of rotatable bonds is 1. The van der Waals surface area contributed by atoms with Gasteiger partial charge in [-0.1, -0.05) is 19.1 Å². The Morgan fingerprint density at radius 3 is 2.82 bits per heavy atom. The Labute approximate surface area is 100 Å². The van der Waals surface area contributed by atoms with E-state index in [4.69, 9.17) is 4.74 Å². The molecule has 0 saturated carbocycles. The van der Waals surface area contributed by atoms with Crippen LogP contribution in [0.5, 0.6) is 0 Å². The molecule has 0 aromatic rings. The number of amides is 1. The molecule has 2 aliphatic rings. The van der Waals surface area contributed by atoms with Crippen molar-refractivity contribution in [2.24, 2.45) is 5.92 Å². The minimum absolute atomic E-state index is 0.0682. The summed E-state index contributed by atoms with van der Waals surface area (Å²) in [6.07, 6.45) is 7.37. The number of nitrogens with one attached hydrogen (secondary N) is 1. The van der Waals surface area contributed by atoms with E-state index < -0.39 is 0 Å². The summed E-state index contributed by atoms with van der Waals surface area (Å²) in [5, 5.41) is 2.50. The smallest absolute Gasteiger partial charge is 0.259 e. The fourth-order valence-electron chi connectivity index (χ4n) is 1.90. The van der Waals surface area contributed by atoms with Gasteiger partial charge in [0.1, 0.15) is 17.4 Å². The molecule has 4 heteroatoms. The second-order valence-corrected chi connectivity index (χ2v) is 4.17. The van der Waals surface area contributed by atoms with Crippen LogP contribution >= 0.6 is 0 Å². The van der Waals surface area contributed by atoms with Gasteiger partial charge < -0.3 is 10.1 Å². The summed E-state index contributed by atoms with van der Waals surface area (Å²) in [5.74, 6) is 0.0631. The van der Waals surface area contributed by atoms with Gasteiger partial charge in [-0.3, -0.25) is 9.59 Å². The van der Waals surface area contributed by atoms with Gasteiger partial charge in [-0.15, -0.1) is 0 Å². The maximum absolute atomic E-state index is 11.6. The minimum atomic E-state index is -0.344. The van der Waals surface area contributed by atoms with Crippen molar-refractivity contribution in [2.45, 2.75) is 20.0 Å². The van der Waals surface area contributed by atoms with Crippen molar-refractivity contribution in [3.05, 3.63) is 35.6 Å². The maximum atomic E-state index is 11.6. The van der Waals surface area contributed by atoms with E-state index in [-0.39, 0.29) is 35.8 Å². The number of carbonyl (C=O) groups excluding carboxylic acids is 2. The van der Waals surface area contributed by atoms with Crippen molar-refractivity contribution in [3.63, 3.8) is 0 Å². The van der Waals surface area contributed by atoms with E-state index in [0.29, 0.717) is 5.76 Å². The highest BCUT2D eigenvalue weighted by Gasteiger charge is 2.32. The van der Waals surface area contributed by atoms with Crippen molar-refractivity contribution >= 4 is 11.7 Å². The number of Topliss-reactive ketones (excluding diaryl/α,β-unsaturated/α-hetero) is 1. The summed E-state index contributed by atoms with van der Waals surface area (Å²) in [5.41, 5.74) is 0.141. The van der Waals surface area contributed by atoms with Crippen molar-refractivity contribution < 1.29 is 14.3 Å². The van der Waals surface area contributed by atoms with Gasteiger partial charge in [-0.05, 0) is 19.1 Å². The lowest BCUT2D eigenvalue weighted by Gasteiger charge is -2.25. The van der Waals surface area contributed by atoms with Crippen LogP contribution in [0.1, 0.15) is 13.8 Å². The molecule has 0 unspecified atom stereocenters. The van der Waals surface area contributed by atoms with Crippen molar-refractivity contribution in [2.75, 3.05) is 6.54 Å². The van der Waals surface area contributed by atoms with Gasteiger partial charge >= 0.3 is 0 Å². The molecule has 2 heterocycles. The van der Waals surface area contributed by atoms with Crippen LogP contribution in [0.4, 0.5) is 0 Å². The topological polar surface area (TPSA) is 55.4 Å². The Morgan fingerprint density at radius 2 is 2.24 bits per heavy atom. The van der Waals surface area contributed by atoms with Gasteiger partial charge in [0, 0.05) is 5.92 Å². The first kappa shape index (κ1) is 11.6. The molecule has 0 bridgehead atoms. The third-order valence-electron chi connectivity index (χ3n) is 2.88. The van der Waals surface area contributed by atoms with E-state index in [1.54, 1.807) is 6.08 Å². The van der Waals surface area contributed by atoms with Crippen LogP contribution in [0.2, 0.25) is 0 Å². The van der Waals surface area contributed by atoms with Gasteiger partial charge in [-0.25, -0.2) is 0 Å². The summed E-state index contributed by atoms with van der Waals surface area (Å²) in [4.78, 5) is 23.1. The summed E-state index contributed by atoms with van der Waals surface area (Å²) in [7, 11) is 0. The standard InChI is InChI=1S/C13H15NO3/c1-3-4-10-8(2)5-6-11(17-10)12-9(15)7-14-13(12)16/h3-6,8,10H,7H2,1-2H3,(H,14,16)/b4-3+,12-11+/t8-,10-/m1/s1. The molecule has 2 atom stereocenters. The number of carbonyl (C=O) groups is 2. The predicted molar refractivity (Wildman–Crippen MR) is 63.0 cm³/mol. The van der Waals surface area contributed by atoms with E-state index in [9.17, 15) is 9.59 Å². The van der Waals surface area contributed by atoms with Crippen LogP contribution in [0.25, 0.3) is 0 Å². The van der Waals surface area contributed by atoms with Crippen molar-refractivity contribution in [1.29, 1.82) is 0 Å². The molecule has 4 nitrogen and oxygen atoms in total. The van der Waals surface area contributed by atoms with E-state index in [2.05, 4.69) is 5.32 Å². The van der Waals surface area contributed by atoms with E-state index in [0.717, 1.165) is 0 Å². The largest absolute Gasteiger partial charge is 0.485 e. The van der Waals surface area contributed by atoms with E-state index in [1.807, 2.05) is 32.1 Å². The molecular weight excluding hydrogens is 218 g/mol. The second kappa shape index (κ2) is 4.57. The highest BCUT2D eigenvalue weighted by atomic mass is 16.5. The summed E-state index contributed by atoms with van der Waals surface area (Å²) >= 11 is 0. The Hall–Kier alpha value is -1.84. The number of hydrogen-bond donors (Lipinski definition) is 1. The first-order valence-corrected chi connectivity index (χ1v) is 5.67. The van der Waals surface area contributed by atoms with Gasteiger partial charge in [0.2, 0.25) is 0 Å². The molecule has 0 aliphatic carbocycles. The Morgan fingerprint density at radius 1 is 1.47 bits per heavy atom. The monoisotopic (exact) mass is 233 g/mol. The lowest BCUT2D eigenvalue weighted by atomic mass is 9.99. The van der Waals surface area contributed by atoms with Gasteiger partial charge in [0.15, 0.2) is 5.78 Å². The normalized spacial score (nSPS) is 33.1. The molecule has 1 fully saturated rings. The Balaban J connectivity index is 2.35. The van der Waals surface area contributed by atoms with Gasteiger partial charge in [0.05, 0.1) is 6.54 Å². The molecule has 0 aromatic carbocycles.